The van der Waals surface area contributed by atoms with Gasteiger partial charge >= 0.3 is 0 Å². The highest BCUT2D eigenvalue weighted by atomic mass is 16.1. The van der Waals surface area contributed by atoms with Crippen LogP contribution in [0.2, 0.25) is 0 Å². The minimum absolute atomic E-state index is 0.188. The smallest absolute Gasteiger partial charge is 0.222 e. The molecule has 0 radical (unpaired) electrons. The van der Waals surface area contributed by atoms with E-state index in [0.29, 0.717) is 12.6 Å². The highest BCUT2D eigenvalue weighted by Gasteiger charge is 2.22. The van der Waals surface area contributed by atoms with Crippen LogP contribution in [-0.2, 0) is 17.9 Å². The molecule has 2 rings (SSSR count). The number of aromatic nitrogens is 2. The monoisotopic (exact) mass is 250 g/mol. The topological polar surface area (TPSA) is 72.9 Å². The van der Waals surface area contributed by atoms with Gasteiger partial charge in [0.2, 0.25) is 5.91 Å². The van der Waals surface area contributed by atoms with Gasteiger partial charge in [-0.2, -0.15) is 5.10 Å². The molecular weight excluding hydrogens is 228 g/mol. The minimum Gasteiger partial charge on any atom is -0.369 e. The van der Waals surface area contributed by atoms with Crippen LogP contribution in [0.3, 0.4) is 0 Å². The molecule has 1 aliphatic rings. The second-order valence-corrected chi connectivity index (χ2v) is 5.29. The van der Waals surface area contributed by atoms with Crippen molar-refractivity contribution < 1.29 is 4.79 Å². The van der Waals surface area contributed by atoms with Crippen LogP contribution in [0.5, 0.6) is 0 Å². The summed E-state index contributed by atoms with van der Waals surface area (Å²) in [6, 6.07) is 0.691. The predicted octanol–water partition coefficient (Wildman–Crippen LogP) is 0.873. The normalized spacial score (nSPS) is 16.8. The molecule has 0 aliphatic heterocycles. The van der Waals surface area contributed by atoms with Crippen molar-refractivity contribution in [3.05, 3.63) is 17.0 Å². The Hall–Kier alpha value is -1.36. The third kappa shape index (κ3) is 2.90. The maximum absolute atomic E-state index is 11.1. The van der Waals surface area contributed by atoms with E-state index in [1.807, 2.05) is 18.5 Å². The lowest BCUT2D eigenvalue weighted by atomic mass is 10.1. The summed E-state index contributed by atoms with van der Waals surface area (Å²) in [6.45, 7) is 7.33. The molecule has 0 bridgehead atoms. The highest BCUT2D eigenvalue weighted by molar-refractivity contribution is 5.76. The number of nitrogens with two attached hydrogens (primary N) is 1. The Bertz CT molecular complexity index is 448. The fraction of sp³-hybridized carbons (Fsp3) is 0.692. The first-order valence-corrected chi connectivity index (χ1v) is 6.54. The number of primary amides is 1. The summed E-state index contributed by atoms with van der Waals surface area (Å²) in [5.41, 5.74) is 8.71. The van der Waals surface area contributed by atoms with E-state index in [2.05, 4.69) is 17.3 Å². The molecule has 18 heavy (non-hydrogen) atoms. The van der Waals surface area contributed by atoms with Crippen molar-refractivity contribution in [3.8, 4) is 0 Å². The first kappa shape index (κ1) is 13.1. The fourth-order valence-corrected chi connectivity index (χ4v) is 2.05. The van der Waals surface area contributed by atoms with Crippen molar-refractivity contribution in [2.75, 3.05) is 0 Å². The van der Waals surface area contributed by atoms with Crippen molar-refractivity contribution >= 4 is 5.91 Å². The highest BCUT2D eigenvalue weighted by Crippen LogP contribution is 2.21. The summed E-state index contributed by atoms with van der Waals surface area (Å²) in [4.78, 5) is 11.1. The van der Waals surface area contributed by atoms with Gasteiger partial charge in [-0.25, -0.2) is 0 Å². The zero-order valence-electron chi connectivity index (χ0n) is 11.4. The quantitative estimate of drug-likeness (QED) is 0.787. The number of hydrogen-bond donors (Lipinski definition) is 2. The van der Waals surface area contributed by atoms with Crippen LogP contribution in [0.15, 0.2) is 0 Å². The third-order valence-corrected chi connectivity index (χ3v) is 3.61. The van der Waals surface area contributed by atoms with Crippen LogP contribution in [0, 0.1) is 19.8 Å². The van der Waals surface area contributed by atoms with Crippen LogP contribution in [0.1, 0.15) is 36.7 Å². The van der Waals surface area contributed by atoms with Gasteiger partial charge in [-0.05, 0) is 26.7 Å². The minimum atomic E-state index is -0.278. The zero-order chi connectivity index (χ0) is 13.3. The van der Waals surface area contributed by atoms with Crippen LogP contribution >= 0.6 is 0 Å². The van der Waals surface area contributed by atoms with Crippen LogP contribution in [0.25, 0.3) is 0 Å². The molecule has 100 valence electrons. The molecule has 0 aromatic carbocycles. The molecule has 1 unspecified atom stereocenters. The molecule has 1 heterocycles. The van der Waals surface area contributed by atoms with Gasteiger partial charge in [0.05, 0.1) is 18.2 Å². The summed E-state index contributed by atoms with van der Waals surface area (Å²) in [5.74, 6) is -0.465. The molecule has 0 spiro atoms. The lowest BCUT2D eigenvalue weighted by Crippen LogP contribution is -2.25. The average molecular weight is 250 g/mol. The zero-order valence-corrected chi connectivity index (χ0v) is 11.4. The third-order valence-electron chi connectivity index (χ3n) is 3.61. The predicted molar refractivity (Wildman–Crippen MR) is 69.9 cm³/mol. The number of amides is 1. The van der Waals surface area contributed by atoms with E-state index in [0.717, 1.165) is 17.9 Å². The molecule has 1 aromatic heterocycles. The first-order chi connectivity index (χ1) is 8.49. The summed E-state index contributed by atoms with van der Waals surface area (Å²) in [5, 5.41) is 8.00. The molecule has 1 aromatic rings. The number of nitrogens with one attached hydrogen (secondary N) is 1. The number of hydrogen-bond acceptors (Lipinski definition) is 3. The van der Waals surface area contributed by atoms with Crippen molar-refractivity contribution in [3.63, 3.8) is 0 Å². The van der Waals surface area contributed by atoms with Gasteiger partial charge in [-0.15, -0.1) is 0 Å². The standard InChI is InChI=1S/C13H22N4O/c1-8(13(14)18)7-17-10(3)12(9(2)16-17)6-15-11-4-5-11/h8,11,15H,4-7H2,1-3H3,(H2,14,18). The SMILES string of the molecule is Cc1nn(CC(C)C(N)=O)c(C)c1CNC1CC1. The molecule has 1 atom stereocenters. The Labute approximate surface area is 108 Å². The number of carbonyl (C=O) groups excluding carboxylic acids is 1. The second kappa shape index (κ2) is 5.10. The van der Waals surface area contributed by atoms with Crippen molar-refractivity contribution in [2.24, 2.45) is 11.7 Å². The van der Waals surface area contributed by atoms with E-state index in [-0.39, 0.29) is 11.8 Å². The van der Waals surface area contributed by atoms with Crippen LogP contribution in [-0.4, -0.2) is 21.7 Å². The molecule has 5 nitrogen and oxygen atoms in total. The van der Waals surface area contributed by atoms with Gasteiger partial charge in [0.15, 0.2) is 0 Å². The molecule has 0 saturated heterocycles. The van der Waals surface area contributed by atoms with Gasteiger partial charge < -0.3 is 11.1 Å². The Kier molecular flexibility index (Phi) is 3.71. The molecular formula is C13H22N4O. The van der Waals surface area contributed by atoms with E-state index in [4.69, 9.17) is 5.73 Å². The van der Waals surface area contributed by atoms with Gasteiger partial charge in [0.25, 0.3) is 0 Å². The van der Waals surface area contributed by atoms with Crippen molar-refractivity contribution in [2.45, 2.75) is 52.7 Å². The van der Waals surface area contributed by atoms with Gasteiger partial charge in [0, 0.05) is 23.8 Å². The Morgan fingerprint density at radius 1 is 1.56 bits per heavy atom. The summed E-state index contributed by atoms with van der Waals surface area (Å²) >= 11 is 0. The number of nitrogens with zero attached hydrogens (tertiary/aromatic N) is 2. The van der Waals surface area contributed by atoms with Crippen LogP contribution in [0.4, 0.5) is 0 Å². The second-order valence-electron chi connectivity index (χ2n) is 5.29. The van der Waals surface area contributed by atoms with E-state index >= 15 is 0 Å². The number of rotatable bonds is 6. The van der Waals surface area contributed by atoms with Crippen molar-refractivity contribution in [1.82, 2.24) is 15.1 Å². The maximum Gasteiger partial charge on any atom is 0.222 e. The Morgan fingerprint density at radius 3 is 2.78 bits per heavy atom. The lowest BCUT2D eigenvalue weighted by Gasteiger charge is -2.09. The molecule has 1 fully saturated rings. The molecule has 5 heteroatoms. The molecule has 1 aliphatic carbocycles. The lowest BCUT2D eigenvalue weighted by molar-refractivity contribution is -0.121. The van der Waals surface area contributed by atoms with Crippen molar-refractivity contribution in [1.29, 1.82) is 0 Å². The number of aryl methyl sites for hydroxylation is 1. The van der Waals surface area contributed by atoms with Gasteiger partial charge in [-0.3, -0.25) is 9.48 Å². The molecule has 3 N–H and O–H groups in total. The Balaban J connectivity index is 2.06. The molecule has 1 saturated carbocycles. The number of carbonyl (C=O) groups is 1. The van der Waals surface area contributed by atoms with E-state index in [1.54, 1.807) is 0 Å². The van der Waals surface area contributed by atoms with Gasteiger partial charge in [-0.1, -0.05) is 6.92 Å². The largest absolute Gasteiger partial charge is 0.369 e. The van der Waals surface area contributed by atoms with E-state index < -0.39 is 0 Å². The summed E-state index contributed by atoms with van der Waals surface area (Å²) in [6.07, 6.45) is 2.57. The van der Waals surface area contributed by atoms with E-state index in [1.165, 1.54) is 18.4 Å². The fourth-order valence-electron chi connectivity index (χ4n) is 2.05. The maximum atomic E-state index is 11.1. The summed E-state index contributed by atoms with van der Waals surface area (Å²) < 4.78 is 1.90. The summed E-state index contributed by atoms with van der Waals surface area (Å²) in [7, 11) is 0. The van der Waals surface area contributed by atoms with E-state index in [9.17, 15) is 4.79 Å². The average Bonchev–Trinajstić information content (AvgIpc) is 3.07. The first-order valence-electron chi connectivity index (χ1n) is 6.54. The Morgan fingerprint density at radius 2 is 2.22 bits per heavy atom. The molecule has 1 amide bonds. The van der Waals surface area contributed by atoms with Gasteiger partial charge in [0.1, 0.15) is 0 Å². The van der Waals surface area contributed by atoms with Crippen LogP contribution < -0.4 is 11.1 Å².